The number of aromatic nitrogens is 2. The van der Waals surface area contributed by atoms with Gasteiger partial charge in [-0.15, -0.1) is 0 Å². The summed E-state index contributed by atoms with van der Waals surface area (Å²) in [7, 11) is 1.61. The van der Waals surface area contributed by atoms with Crippen molar-refractivity contribution in [3.05, 3.63) is 47.5 Å². The van der Waals surface area contributed by atoms with Gasteiger partial charge >= 0.3 is 0 Å². The van der Waals surface area contributed by atoms with E-state index in [1.165, 1.54) is 6.33 Å². The molecule has 1 aliphatic rings. The van der Waals surface area contributed by atoms with E-state index in [4.69, 9.17) is 4.74 Å². The van der Waals surface area contributed by atoms with Gasteiger partial charge in [0.15, 0.2) is 0 Å². The van der Waals surface area contributed by atoms with Gasteiger partial charge in [0.2, 0.25) is 0 Å². The SMILES string of the molecule is COc1ccc(NC(=O)c2ncnc3c2CCCC3)cc1. The van der Waals surface area contributed by atoms with Crippen LogP contribution in [0.2, 0.25) is 0 Å². The number of ether oxygens (including phenoxy) is 1. The van der Waals surface area contributed by atoms with Crippen LogP contribution in [0.15, 0.2) is 30.6 Å². The largest absolute Gasteiger partial charge is 0.497 e. The first-order valence-electron chi connectivity index (χ1n) is 7.06. The monoisotopic (exact) mass is 283 g/mol. The summed E-state index contributed by atoms with van der Waals surface area (Å²) < 4.78 is 5.10. The van der Waals surface area contributed by atoms with Crippen LogP contribution < -0.4 is 10.1 Å². The van der Waals surface area contributed by atoms with Crippen molar-refractivity contribution < 1.29 is 9.53 Å². The zero-order chi connectivity index (χ0) is 14.7. The van der Waals surface area contributed by atoms with Crippen molar-refractivity contribution in [2.24, 2.45) is 0 Å². The quantitative estimate of drug-likeness (QED) is 0.940. The maximum atomic E-state index is 12.4. The third kappa shape index (κ3) is 2.86. The lowest BCUT2D eigenvalue weighted by molar-refractivity contribution is 0.102. The van der Waals surface area contributed by atoms with E-state index >= 15 is 0 Å². The molecule has 1 aromatic heterocycles. The zero-order valence-corrected chi connectivity index (χ0v) is 11.9. The van der Waals surface area contributed by atoms with E-state index in [2.05, 4.69) is 15.3 Å². The van der Waals surface area contributed by atoms with E-state index in [0.717, 1.165) is 48.4 Å². The molecule has 0 unspecified atom stereocenters. The number of methoxy groups -OCH3 is 1. The van der Waals surface area contributed by atoms with Gasteiger partial charge in [0, 0.05) is 16.9 Å². The Balaban J connectivity index is 1.82. The lowest BCUT2D eigenvalue weighted by Gasteiger charge is -2.16. The van der Waals surface area contributed by atoms with Crippen LogP contribution in [0.3, 0.4) is 0 Å². The van der Waals surface area contributed by atoms with Gasteiger partial charge in [-0.25, -0.2) is 9.97 Å². The molecule has 0 radical (unpaired) electrons. The van der Waals surface area contributed by atoms with Crippen LogP contribution in [-0.2, 0) is 12.8 Å². The fourth-order valence-electron chi connectivity index (χ4n) is 2.58. The molecule has 0 spiro atoms. The average Bonchev–Trinajstić information content (AvgIpc) is 2.55. The van der Waals surface area contributed by atoms with Crippen molar-refractivity contribution in [2.75, 3.05) is 12.4 Å². The van der Waals surface area contributed by atoms with Crippen LogP contribution in [0.5, 0.6) is 5.75 Å². The number of carbonyl (C=O) groups is 1. The molecule has 1 amide bonds. The van der Waals surface area contributed by atoms with Crippen LogP contribution in [0.1, 0.15) is 34.6 Å². The molecule has 0 aliphatic heterocycles. The van der Waals surface area contributed by atoms with Crippen LogP contribution in [-0.4, -0.2) is 23.0 Å². The Morgan fingerprint density at radius 2 is 1.90 bits per heavy atom. The van der Waals surface area contributed by atoms with Gasteiger partial charge in [-0.3, -0.25) is 4.79 Å². The molecule has 1 aromatic carbocycles. The number of hydrogen-bond donors (Lipinski definition) is 1. The number of nitrogens with zero attached hydrogens (tertiary/aromatic N) is 2. The molecule has 1 aliphatic carbocycles. The van der Waals surface area contributed by atoms with E-state index in [1.54, 1.807) is 7.11 Å². The summed E-state index contributed by atoms with van der Waals surface area (Å²) >= 11 is 0. The van der Waals surface area contributed by atoms with Gasteiger partial charge in [-0.1, -0.05) is 0 Å². The van der Waals surface area contributed by atoms with Crippen molar-refractivity contribution in [3.63, 3.8) is 0 Å². The third-order valence-corrected chi connectivity index (χ3v) is 3.69. The van der Waals surface area contributed by atoms with E-state index in [1.807, 2.05) is 24.3 Å². The molecular weight excluding hydrogens is 266 g/mol. The van der Waals surface area contributed by atoms with E-state index in [9.17, 15) is 4.79 Å². The molecule has 1 N–H and O–H groups in total. The van der Waals surface area contributed by atoms with Gasteiger partial charge < -0.3 is 10.1 Å². The van der Waals surface area contributed by atoms with Gasteiger partial charge in [-0.2, -0.15) is 0 Å². The predicted molar refractivity (Wildman–Crippen MR) is 79.6 cm³/mol. The molecular formula is C16H17N3O2. The minimum Gasteiger partial charge on any atom is -0.497 e. The van der Waals surface area contributed by atoms with Crippen molar-refractivity contribution in [2.45, 2.75) is 25.7 Å². The molecule has 0 saturated carbocycles. The van der Waals surface area contributed by atoms with Gasteiger partial charge in [0.05, 0.1) is 7.11 Å². The maximum Gasteiger partial charge on any atom is 0.274 e. The Bertz CT molecular complexity index is 653. The molecule has 0 saturated heterocycles. The summed E-state index contributed by atoms with van der Waals surface area (Å²) in [6.45, 7) is 0. The third-order valence-electron chi connectivity index (χ3n) is 3.69. The normalized spacial score (nSPS) is 13.4. The fraction of sp³-hybridized carbons (Fsp3) is 0.312. The lowest BCUT2D eigenvalue weighted by Crippen LogP contribution is -2.19. The molecule has 5 heteroatoms. The van der Waals surface area contributed by atoms with Crippen molar-refractivity contribution >= 4 is 11.6 Å². The summed E-state index contributed by atoms with van der Waals surface area (Å²) in [4.78, 5) is 20.9. The highest BCUT2D eigenvalue weighted by molar-refractivity contribution is 6.04. The van der Waals surface area contributed by atoms with Crippen molar-refractivity contribution in [1.29, 1.82) is 0 Å². The standard InChI is InChI=1S/C16H17N3O2/c1-21-12-8-6-11(7-9-12)19-16(20)15-13-4-2-3-5-14(13)17-10-18-15/h6-10H,2-5H2,1H3,(H,19,20). The summed E-state index contributed by atoms with van der Waals surface area (Å²) in [6, 6.07) is 7.24. The van der Waals surface area contributed by atoms with E-state index < -0.39 is 0 Å². The Kier molecular flexibility index (Phi) is 3.81. The average molecular weight is 283 g/mol. The molecule has 21 heavy (non-hydrogen) atoms. The van der Waals surface area contributed by atoms with Crippen LogP contribution >= 0.6 is 0 Å². The second-order valence-corrected chi connectivity index (χ2v) is 5.04. The molecule has 3 rings (SSSR count). The van der Waals surface area contributed by atoms with Crippen molar-refractivity contribution in [3.8, 4) is 5.75 Å². The fourth-order valence-corrected chi connectivity index (χ4v) is 2.58. The number of hydrogen-bond acceptors (Lipinski definition) is 4. The summed E-state index contributed by atoms with van der Waals surface area (Å²) in [5.41, 5.74) is 3.23. The number of aryl methyl sites for hydroxylation is 1. The number of nitrogens with one attached hydrogen (secondary N) is 1. The summed E-state index contributed by atoms with van der Waals surface area (Å²) in [5.74, 6) is 0.577. The topological polar surface area (TPSA) is 64.1 Å². The molecule has 1 heterocycles. The first-order chi connectivity index (χ1) is 10.3. The first-order valence-corrected chi connectivity index (χ1v) is 7.06. The Morgan fingerprint density at radius 1 is 1.14 bits per heavy atom. The molecule has 5 nitrogen and oxygen atoms in total. The van der Waals surface area contributed by atoms with E-state index in [0.29, 0.717) is 5.69 Å². The van der Waals surface area contributed by atoms with Gasteiger partial charge in [0.25, 0.3) is 5.91 Å². The highest BCUT2D eigenvalue weighted by Crippen LogP contribution is 2.22. The number of fused-ring (bicyclic) bond motifs is 1. The number of amides is 1. The second-order valence-electron chi connectivity index (χ2n) is 5.04. The molecule has 0 atom stereocenters. The highest BCUT2D eigenvalue weighted by Gasteiger charge is 2.20. The molecule has 108 valence electrons. The minimum atomic E-state index is -0.180. The van der Waals surface area contributed by atoms with Crippen LogP contribution in [0.25, 0.3) is 0 Å². The summed E-state index contributed by atoms with van der Waals surface area (Å²) in [5, 5.41) is 2.87. The minimum absolute atomic E-state index is 0.180. The predicted octanol–water partition coefficient (Wildman–Crippen LogP) is 2.62. The summed E-state index contributed by atoms with van der Waals surface area (Å²) in [6.07, 6.45) is 5.50. The van der Waals surface area contributed by atoms with Crippen molar-refractivity contribution in [1.82, 2.24) is 9.97 Å². The lowest BCUT2D eigenvalue weighted by atomic mass is 9.94. The van der Waals surface area contributed by atoms with E-state index in [-0.39, 0.29) is 5.91 Å². The van der Waals surface area contributed by atoms with Gasteiger partial charge in [0.1, 0.15) is 17.8 Å². The van der Waals surface area contributed by atoms with Gasteiger partial charge in [-0.05, 0) is 49.9 Å². The maximum absolute atomic E-state index is 12.4. The van der Waals surface area contributed by atoms with Crippen LogP contribution in [0.4, 0.5) is 5.69 Å². The first kappa shape index (κ1) is 13.5. The Hall–Kier alpha value is -2.43. The Morgan fingerprint density at radius 3 is 2.67 bits per heavy atom. The Labute approximate surface area is 123 Å². The zero-order valence-electron chi connectivity index (χ0n) is 11.9. The molecule has 2 aromatic rings. The molecule has 0 bridgehead atoms. The number of rotatable bonds is 3. The van der Waals surface area contributed by atoms with Crippen LogP contribution in [0, 0.1) is 0 Å². The number of carbonyl (C=O) groups excluding carboxylic acids is 1. The smallest absolute Gasteiger partial charge is 0.274 e. The molecule has 0 fully saturated rings. The second kappa shape index (κ2) is 5.91. The number of anilines is 1. The number of benzene rings is 1. The highest BCUT2D eigenvalue weighted by atomic mass is 16.5.